The van der Waals surface area contributed by atoms with E-state index in [1.165, 1.54) is 18.7 Å². The number of ether oxygens (including phenoxy) is 2. The molecule has 1 saturated carbocycles. The topological polar surface area (TPSA) is 131 Å². The number of aliphatic hydroxyl groups is 1. The molecule has 1 aromatic carbocycles. The molecule has 1 aliphatic carbocycles. The number of aromatic nitrogens is 2. The van der Waals surface area contributed by atoms with Crippen LogP contribution in [0.25, 0.3) is 0 Å². The average molecular weight is 510 g/mol. The Morgan fingerprint density at radius 2 is 1.82 bits per heavy atom. The number of hydrogen-bond acceptors (Lipinski definition) is 9. The standard InChI is InChI=1S/C21H25N3O3S.C2H6O3S/c1-4-27-19-8-14-15-7-13(25)5-6-17(15)24-20(16(14)9-18(19)26-2)12-10-22-21(28-3)23-11-12;1-2-6(3,4)5/h8-11,13,15,17,25H,4-7H2,1-3H3;2H2,1H3,(H,3,4,5)/t13-,15-,17-;/m1./s1. The second-order valence-electron chi connectivity index (χ2n) is 7.97. The molecule has 0 spiro atoms. The number of rotatable bonds is 6. The molecule has 9 nitrogen and oxygen atoms in total. The van der Waals surface area contributed by atoms with Crippen LogP contribution in [0.2, 0.25) is 0 Å². The first-order valence-corrected chi connectivity index (χ1v) is 14.0. The maximum Gasteiger partial charge on any atom is 0.264 e. The van der Waals surface area contributed by atoms with Crippen molar-refractivity contribution in [2.24, 2.45) is 4.99 Å². The minimum absolute atomic E-state index is 0.147. The molecule has 3 atom stereocenters. The summed E-state index contributed by atoms with van der Waals surface area (Å²) in [5.74, 6) is 1.40. The monoisotopic (exact) mass is 509 g/mol. The van der Waals surface area contributed by atoms with E-state index in [4.69, 9.17) is 19.0 Å². The largest absolute Gasteiger partial charge is 0.493 e. The van der Waals surface area contributed by atoms with E-state index in [2.05, 4.69) is 16.0 Å². The Morgan fingerprint density at radius 1 is 1.15 bits per heavy atom. The van der Waals surface area contributed by atoms with Crippen LogP contribution in [0.5, 0.6) is 11.5 Å². The number of hydrogen-bond donors (Lipinski definition) is 2. The zero-order valence-corrected chi connectivity index (χ0v) is 21.4. The van der Waals surface area contributed by atoms with Crippen LogP contribution in [0.1, 0.15) is 55.7 Å². The van der Waals surface area contributed by atoms with Crippen molar-refractivity contribution < 1.29 is 27.6 Å². The minimum atomic E-state index is -3.66. The molecule has 11 heteroatoms. The maximum absolute atomic E-state index is 10.3. The van der Waals surface area contributed by atoms with Gasteiger partial charge in [-0.25, -0.2) is 9.97 Å². The van der Waals surface area contributed by atoms with Gasteiger partial charge in [-0.3, -0.25) is 9.55 Å². The smallest absolute Gasteiger partial charge is 0.264 e. The summed E-state index contributed by atoms with van der Waals surface area (Å²) in [7, 11) is -2.02. The number of aliphatic hydroxyl groups excluding tert-OH is 1. The first-order valence-electron chi connectivity index (χ1n) is 11.1. The van der Waals surface area contributed by atoms with Crippen molar-refractivity contribution in [2.45, 2.75) is 56.3 Å². The molecular formula is C23H31N3O6S2. The Kier molecular flexibility index (Phi) is 8.91. The van der Waals surface area contributed by atoms with Gasteiger partial charge in [0.1, 0.15) is 0 Å². The second-order valence-corrected chi connectivity index (χ2v) is 10.5. The highest BCUT2D eigenvalue weighted by molar-refractivity contribution is 7.98. The van der Waals surface area contributed by atoms with E-state index in [9.17, 15) is 13.5 Å². The van der Waals surface area contributed by atoms with Crippen molar-refractivity contribution in [3.63, 3.8) is 0 Å². The highest BCUT2D eigenvalue weighted by atomic mass is 32.2. The molecule has 0 bridgehead atoms. The van der Waals surface area contributed by atoms with Gasteiger partial charge >= 0.3 is 0 Å². The van der Waals surface area contributed by atoms with Crippen LogP contribution in [-0.2, 0) is 10.1 Å². The number of thioether (sulfide) groups is 1. The Balaban J connectivity index is 0.000000481. The molecule has 2 heterocycles. The molecule has 1 aliphatic heterocycles. The Morgan fingerprint density at radius 3 is 2.38 bits per heavy atom. The van der Waals surface area contributed by atoms with Crippen LogP contribution >= 0.6 is 11.8 Å². The summed E-state index contributed by atoms with van der Waals surface area (Å²) in [5.41, 5.74) is 3.96. The highest BCUT2D eigenvalue weighted by Crippen LogP contribution is 2.44. The second kappa shape index (κ2) is 11.5. The fourth-order valence-electron chi connectivity index (χ4n) is 4.15. The number of benzene rings is 1. The van der Waals surface area contributed by atoms with Gasteiger partial charge in [0.25, 0.3) is 10.1 Å². The van der Waals surface area contributed by atoms with E-state index in [1.807, 2.05) is 31.6 Å². The summed E-state index contributed by atoms with van der Waals surface area (Å²) >= 11 is 1.52. The van der Waals surface area contributed by atoms with Crippen LogP contribution < -0.4 is 9.47 Å². The number of nitrogens with zero attached hydrogens (tertiary/aromatic N) is 3. The van der Waals surface area contributed by atoms with Gasteiger partial charge < -0.3 is 14.6 Å². The molecule has 34 heavy (non-hydrogen) atoms. The summed E-state index contributed by atoms with van der Waals surface area (Å²) in [4.78, 5) is 13.9. The molecule has 0 radical (unpaired) electrons. The Hall–Kier alpha value is -2.21. The summed E-state index contributed by atoms with van der Waals surface area (Å²) in [5, 5.41) is 11.0. The van der Waals surface area contributed by atoms with Crippen molar-refractivity contribution in [2.75, 3.05) is 25.7 Å². The van der Waals surface area contributed by atoms with Gasteiger partial charge in [-0.15, -0.1) is 0 Å². The number of methoxy groups -OCH3 is 1. The molecule has 2 aromatic rings. The fourth-order valence-corrected chi connectivity index (χ4v) is 4.46. The van der Waals surface area contributed by atoms with E-state index < -0.39 is 10.1 Å². The van der Waals surface area contributed by atoms with Crippen molar-refractivity contribution in [3.05, 3.63) is 41.2 Å². The van der Waals surface area contributed by atoms with Gasteiger partial charge in [-0.2, -0.15) is 8.42 Å². The summed E-state index contributed by atoms with van der Waals surface area (Å²) in [6.45, 7) is 3.90. The first kappa shape index (κ1) is 26.4. The zero-order chi connectivity index (χ0) is 24.9. The first-order chi connectivity index (χ1) is 16.2. The lowest BCUT2D eigenvalue weighted by molar-refractivity contribution is 0.111. The lowest BCUT2D eigenvalue weighted by Gasteiger charge is -2.37. The molecule has 0 amide bonds. The SMILES string of the molecule is CCOc1cc2c(cc1OC)C(c1cnc(SC)nc1)=N[C@@H]1CC[C@@H](O)C[C@H]21.CCS(=O)(=O)O. The van der Waals surface area contributed by atoms with Crippen LogP contribution in [-0.4, -0.2) is 71.6 Å². The van der Waals surface area contributed by atoms with Gasteiger partial charge in [0, 0.05) is 29.4 Å². The average Bonchev–Trinajstić information content (AvgIpc) is 2.83. The van der Waals surface area contributed by atoms with Crippen LogP contribution in [0, 0.1) is 0 Å². The quantitative estimate of drug-likeness (QED) is 0.342. The van der Waals surface area contributed by atoms with Gasteiger partial charge in [-0.1, -0.05) is 11.8 Å². The highest BCUT2D eigenvalue weighted by Gasteiger charge is 2.37. The molecule has 4 rings (SSSR count). The molecule has 1 aromatic heterocycles. The fraction of sp³-hybridized carbons (Fsp3) is 0.522. The molecule has 186 valence electrons. The third-order valence-corrected chi connectivity index (χ3v) is 7.13. The molecular weight excluding hydrogens is 478 g/mol. The molecule has 2 N–H and O–H groups in total. The lowest BCUT2D eigenvalue weighted by Crippen LogP contribution is -2.34. The normalized spacial score (nSPS) is 21.4. The van der Waals surface area contributed by atoms with Gasteiger partial charge in [0.05, 0.1) is 37.3 Å². The van der Waals surface area contributed by atoms with E-state index in [0.29, 0.717) is 18.8 Å². The summed E-state index contributed by atoms with van der Waals surface area (Å²) < 4.78 is 38.3. The minimum Gasteiger partial charge on any atom is -0.493 e. The predicted octanol–water partition coefficient (Wildman–Crippen LogP) is 3.35. The van der Waals surface area contributed by atoms with E-state index in [-0.39, 0.29) is 23.8 Å². The third-order valence-electron chi connectivity index (χ3n) is 5.82. The van der Waals surface area contributed by atoms with Crippen molar-refractivity contribution in [1.29, 1.82) is 0 Å². The molecule has 2 aliphatic rings. The van der Waals surface area contributed by atoms with Crippen molar-refractivity contribution in [3.8, 4) is 11.5 Å². The maximum atomic E-state index is 10.3. The Labute approximate surface area is 204 Å². The molecule has 0 saturated heterocycles. The number of aliphatic imine (C=N–C) groups is 1. The predicted molar refractivity (Wildman–Crippen MR) is 132 cm³/mol. The van der Waals surface area contributed by atoms with Crippen molar-refractivity contribution >= 4 is 27.6 Å². The van der Waals surface area contributed by atoms with Gasteiger partial charge in [-0.05, 0) is 57.1 Å². The summed E-state index contributed by atoms with van der Waals surface area (Å²) in [6.07, 6.45) is 7.71. The van der Waals surface area contributed by atoms with E-state index >= 15 is 0 Å². The third kappa shape index (κ3) is 6.26. The lowest BCUT2D eigenvalue weighted by atomic mass is 9.74. The van der Waals surface area contributed by atoms with Crippen LogP contribution in [0.3, 0.4) is 0 Å². The van der Waals surface area contributed by atoms with E-state index in [0.717, 1.165) is 46.1 Å². The van der Waals surface area contributed by atoms with Crippen LogP contribution in [0.15, 0.2) is 34.7 Å². The van der Waals surface area contributed by atoms with Gasteiger partial charge in [0.2, 0.25) is 0 Å². The van der Waals surface area contributed by atoms with Crippen LogP contribution in [0.4, 0.5) is 0 Å². The summed E-state index contributed by atoms with van der Waals surface area (Å²) in [6, 6.07) is 4.21. The van der Waals surface area contributed by atoms with Crippen molar-refractivity contribution in [1.82, 2.24) is 9.97 Å². The molecule has 0 unspecified atom stereocenters. The zero-order valence-electron chi connectivity index (χ0n) is 19.8. The Bertz CT molecular complexity index is 1120. The van der Waals surface area contributed by atoms with Gasteiger partial charge in [0.15, 0.2) is 16.7 Å². The molecule has 1 fully saturated rings. The van der Waals surface area contributed by atoms with E-state index in [1.54, 1.807) is 7.11 Å². The number of fused-ring (bicyclic) bond motifs is 3.